The van der Waals surface area contributed by atoms with Crippen molar-refractivity contribution in [2.75, 3.05) is 5.32 Å². The first-order valence-electron chi connectivity index (χ1n) is 6.39. The molecule has 100 valence electrons. The van der Waals surface area contributed by atoms with E-state index in [1.165, 1.54) is 6.07 Å². The molecule has 3 heteroatoms. The molecule has 0 saturated heterocycles. The third-order valence-electron chi connectivity index (χ3n) is 3.24. The molecule has 1 N–H and O–H groups in total. The molecule has 0 aliphatic carbocycles. The molecule has 0 fully saturated rings. The summed E-state index contributed by atoms with van der Waals surface area (Å²) in [7, 11) is 0. The van der Waals surface area contributed by atoms with Crippen LogP contribution in [0.2, 0.25) is 0 Å². The number of nitrogens with one attached hydrogen (secondary N) is 1. The quantitative estimate of drug-likeness (QED) is 0.682. The van der Waals surface area contributed by atoms with Gasteiger partial charge in [-0.2, -0.15) is 0 Å². The molecule has 3 rings (SSSR count). The summed E-state index contributed by atoms with van der Waals surface area (Å²) in [6, 6.07) is 18.9. The van der Waals surface area contributed by atoms with Crippen LogP contribution >= 0.6 is 15.9 Å². The number of fused-ring (bicyclic) bond motifs is 1. The third-order valence-corrected chi connectivity index (χ3v) is 3.93. The fourth-order valence-electron chi connectivity index (χ4n) is 2.26. The molecule has 3 aromatic carbocycles. The molecule has 0 spiro atoms. The Bertz CT molecular complexity index is 755. The Hall–Kier alpha value is -1.87. The number of hydrogen-bond acceptors (Lipinski definition) is 1. The van der Waals surface area contributed by atoms with Crippen LogP contribution in [-0.4, -0.2) is 0 Å². The monoisotopic (exact) mass is 329 g/mol. The highest BCUT2D eigenvalue weighted by Crippen LogP contribution is 2.30. The van der Waals surface area contributed by atoms with Crippen molar-refractivity contribution in [2.24, 2.45) is 0 Å². The Kier molecular flexibility index (Phi) is 3.70. The zero-order valence-corrected chi connectivity index (χ0v) is 12.3. The van der Waals surface area contributed by atoms with Gasteiger partial charge < -0.3 is 5.32 Å². The van der Waals surface area contributed by atoms with Crippen LogP contribution in [0.1, 0.15) is 5.56 Å². The van der Waals surface area contributed by atoms with E-state index >= 15 is 0 Å². The average molecular weight is 330 g/mol. The van der Waals surface area contributed by atoms with E-state index in [2.05, 4.69) is 33.4 Å². The second-order valence-electron chi connectivity index (χ2n) is 4.62. The van der Waals surface area contributed by atoms with Gasteiger partial charge in [0.25, 0.3) is 0 Å². The first kappa shape index (κ1) is 13.1. The lowest BCUT2D eigenvalue weighted by Gasteiger charge is -2.11. The van der Waals surface area contributed by atoms with Crippen LogP contribution in [0.3, 0.4) is 0 Å². The van der Waals surface area contributed by atoms with Crippen LogP contribution in [-0.2, 0) is 6.54 Å². The van der Waals surface area contributed by atoms with Crippen molar-refractivity contribution < 1.29 is 4.39 Å². The van der Waals surface area contributed by atoms with Crippen molar-refractivity contribution in [2.45, 2.75) is 6.54 Å². The number of benzene rings is 3. The Morgan fingerprint density at radius 1 is 0.900 bits per heavy atom. The molecule has 0 aliphatic rings. The SMILES string of the molecule is Fc1cccc(CNc2ccc(Br)c3ccccc23)c1. The minimum absolute atomic E-state index is 0.204. The zero-order chi connectivity index (χ0) is 13.9. The van der Waals surface area contributed by atoms with Crippen LogP contribution in [0.4, 0.5) is 10.1 Å². The summed E-state index contributed by atoms with van der Waals surface area (Å²) in [5, 5.41) is 5.69. The van der Waals surface area contributed by atoms with Gasteiger partial charge in [-0.15, -0.1) is 0 Å². The molecule has 20 heavy (non-hydrogen) atoms. The van der Waals surface area contributed by atoms with E-state index in [9.17, 15) is 4.39 Å². The summed E-state index contributed by atoms with van der Waals surface area (Å²) < 4.78 is 14.2. The number of halogens is 2. The summed E-state index contributed by atoms with van der Waals surface area (Å²) >= 11 is 3.56. The minimum atomic E-state index is -0.204. The highest BCUT2D eigenvalue weighted by atomic mass is 79.9. The molecule has 0 radical (unpaired) electrons. The summed E-state index contributed by atoms with van der Waals surface area (Å²) in [5.41, 5.74) is 1.98. The van der Waals surface area contributed by atoms with Crippen molar-refractivity contribution >= 4 is 32.4 Å². The van der Waals surface area contributed by atoms with Gasteiger partial charge in [0.15, 0.2) is 0 Å². The summed E-state index contributed by atoms with van der Waals surface area (Å²) in [4.78, 5) is 0. The number of rotatable bonds is 3. The van der Waals surface area contributed by atoms with Gasteiger partial charge in [0.05, 0.1) is 0 Å². The lowest BCUT2D eigenvalue weighted by molar-refractivity contribution is 0.626. The van der Waals surface area contributed by atoms with E-state index in [-0.39, 0.29) is 5.82 Å². The first-order chi connectivity index (χ1) is 9.74. The van der Waals surface area contributed by atoms with E-state index < -0.39 is 0 Å². The van der Waals surface area contributed by atoms with Gasteiger partial charge in [-0.1, -0.05) is 52.3 Å². The first-order valence-corrected chi connectivity index (χ1v) is 7.19. The van der Waals surface area contributed by atoms with Crippen molar-refractivity contribution in [3.05, 3.63) is 76.5 Å². The van der Waals surface area contributed by atoms with Gasteiger partial charge in [0.1, 0.15) is 5.82 Å². The van der Waals surface area contributed by atoms with Gasteiger partial charge in [0, 0.05) is 22.1 Å². The van der Waals surface area contributed by atoms with Crippen molar-refractivity contribution in [1.82, 2.24) is 0 Å². The van der Waals surface area contributed by atoms with Crippen LogP contribution in [0.5, 0.6) is 0 Å². The van der Waals surface area contributed by atoms with Gasteiger partial charge in [-0.25, -0.2) is 4.39 Å². The van der Waals surface area contributed by atoms with E-state index in [0.717, 1.165) is 26.5 Å². The molecule has 0 unspecified atom stereocenters. The molecule has 0 aliphatic heterocycles. The van der Waals surface area contributed by atoms with E-state index in [1.54, 1.807) is 12.1 Å². The number of hydrogen-bond donors (Lipinski definition) is 1. The zero-order valence-electron chi connectivity index (χ0n) is 10.7. The van der Waals surface area contributed by atoms with Crippen LogP contribution in [0.25, 0.3) is 10.8 Å². The molecule has 0 amide bonds. The fourth-order valence-corrected chi connectivity index (χ4v) is 2.74. The molecule has 0 bridgehead atoms. The maximum Gasteiger partial charge on any atom is 0.123 e. The molecule has 0 heterocycles. The van der Waals surface area contributed by atoms with E-state index in [0.29, 0.717) is 6.54 Å². The van der Waals surface area contributed by atoms with Crippen LogP contribution in [0, 0.1) is 5.82 Å². The predicted octanol–water partition coefficient (Wildman–Crippen LogP) is 5.35. The largest absolute Gasteiger partial charge is 0.380 e. The molecular weight excluding hydrogens is 317 g/mol. The highest BCUT2D eigenvalue weighted by molar-refractivity contribution is 9.10. The van der Waals surface area contributed by atoms with Gasteiger partial charge in [0.2, 0.25) is 0 Å². The highest BCUT2D eigenvalue weighted by Gasteiger charge is 2.04. The smallest absolute Gasteiger partial charge is 0.123 e. The lowest BCUT2D eigenvalue weighted by atomic mass is 10.1. The summed E-state index contributed by atoms with van der Waals surface area (Å²) in [6.45, 7) is 0.601. The summed E-state index contributed by atoms with van der Waals surface area (Å²) in [6.07, 6.45) is 0. The third kappa shape index (κ3) is 2.68. The minimum Gasteiger partial charge on any atom is -0.380 e. The lowest BCUT2D eigenvalue weighted by Crippen LogP contribution is -2.00. The molecular formula is C17H13BrFN. The van der Waals surface area contributed by atoms with Crippen LogP contribution < -0.4 is 5.32 Å². The van der Waals surface area contributed by atoms with E-state index in [1.807, 2.05) is 30.3 Å². The second-order valence-corrected chi connectivity index (χ2v) is 5.48. The van der Waals surface area contributed by atoms with Gasteiger partial charge >= 0.3 is 0 Å². The maximum atomic E-state index is 13.2. The van der Waals surface area contributed by atoms with Crippen molar-refractivity contribution in [1.29, 1.82) is 0 Å². The normalized spacial score (nSPS) is 10.7. The van der Waals surface area contributed by atoms with Gasteiger partial charge in [-0.3, -0.25) is 0 Å². The Morgan fingerprint density at radius 3 is 2.50 bits per heavy atom. The van der Waals surface area contributed by atoms with Crippen molar-refractivity contribution in [3.8, 4) is 0 Å². The molecule has 1 nitrogen and oxygen atoms in total. The predicted molar refractivity (Wildman–Crippen MR) is 85.4 cm³/mol. The second kappa shape index (κ2) is 5.63. The van der Waals surface area contributed by atoms with E-state index in [4.69, 9.17) is 0 Å². The average Bonchev–Trinajstić information content (AvgIpc) is 2.47. The van der Waals surface area contributed by atoms with Crippen LogP contribution in [0.15, 0.2) is 65.1 Å². The Balaban J connectivity index is 1.90. The summed E-state index contributed by atoms with van der Waals surface area (Å²) in [5.74, 6) is -0.204. The molecule has 0 saturated carbocycles. The Labute approximate surface area is 125 Å². The molecule has 3 aromatic rings. The Morgan fingerprint density at radius 2 is 1.70 bits per heavy atom. The standard InChI is InChI=1S/C17H13BrFN/c18-16-8-9-17(15-7-2-1-6-14(15)16)20-11-12-4-3-5-13(19)10-12/h1-10,20H,11H2. The maximum absolute atomic E-state index is 13.2. The fraction of sp³-hybridized carbons (Fsp3) is 0.0588. The molecule has 0 atom stereocenters. The topological polar surface area (TPSA) is 12.0 Å². The number of anilines is 1. The molecule has 0 aromatic heterocycles. The van der Waals surface area contributed by atoms with Gasteiger partial charge in [-0.05, 0) is 35.2 Å². The van der Waals surface area contributed by atoms with Crippen molar-refractivity contribution in [3.63, 3.8) is 0 Å².